The van der Waals surface area contributed by atoms with Gasteiger partial charge in [0, 0.05) is 5.02 Å². The Morgan fingerprint density at radius 1 is 1.27 bits per heavy atom. The summed E-state index contributed by atoms with van der Waals surface area (Å²) in [6, 6.07) is 5.02. The fourth-order valence-corrected chi connectivity index (χ4v) is 2.64. The third-order valence-corrected chi connectivity index (χ3v) is 4.68. The summed E-state index contributed by atoms with van der Waals surface area (Å²) in [4.78, 5) is 10.7. The molecule has 1 aromatic rings. The first-order valence-electron chi connectivity index (χ1n) is 7.18. The standard InChI is InChI=1S/C15H21BClNO4/c1-9(18-13(19)20)11-7-6-10(8-12(11)17)16-21-14(2,3)15(4,5)22-16/h6-9,18H,1-5H3,(H,19,20)/t9-/m1/s1. The van der Waals surface area contributed by atoms with Crippen molar-refractivity contribution in [2.45, 2.75) is 51.9 Å². The second kappa shape index (κ2) is 5.76. The highest BCUT2D eigenvalue weighted by Gasteiger charge is 2.51. The summed E-state index contributed by atoms with van der Waals surface area (Å²) < 4.78 is 12.0. The van der Waals surface area contributed by atoms with Crippen LogP contribution in [0.1, 0.15) is 46.2 Å². The van der Waals surface area contributed by atoms with Crippen molar-refractivity contribution in [3.63, 3.8) is 0 Å². The Balaban J connectivity index is 2.22. The normalized spacial score (nSPS) is 20.7. The van der Waals surface area contributed by atoms with E-state index in [0.29, 0.717) is 10.6 Å². The van der Waals surface area contributed by atoms with Crippen LogP contribution in [-0.2, 0) is 9.31 Å². The molecule has 22 heavy (non-hydrogen) atoms. The molecule has 1 fully saturated rings. The molecule has 1 aliphatic rings. The zero-order valence-electron chi connectivity index (χ0n) is 13.4. The molecule has 1 amide bonds. The van der Waals surface area contributed by atoms with E-state index in [0.717, 1.165) is 5.46 Å². The van der Waals surface area contributed by atoms with Crippen LogP contribution in [0.2, 0.25) is 5.02 Å². The molecule has 0 saturated carbocycles. The summed E-state index contributed by atoms with van der Waals surface area (Å²) in [5.74, 6) is 0. The number of hydrogen-bond donors (Lipinski definition) is 2. The lowest BCUT2D eigenvalue weighted by molar-refractivity contribution is 0.00578. The van der Waals surface area contributed by atoms with Gasteiger partial charge in [0.15, 0.2) is 0 Å². The minimum Gasteiger partial charge on any atom is -0.465 e. The Hall–Kier alpha value is -1.24. The first-order chi connectivity index (χ1) is 10.0. The summed E-state index contributed by atoms with van der Waals surface area (Å²) in [6.07, 6.45) is -1.08. The van der Waals surface area contributed by atoms with E-state index < -0.39 is 30.5 Å². The Bertz CT molecular complexity index is 575. The molecule has 0 unspecified atom stereocenters. The average molecular weight is 326 g/mol. The van der Waals surface area contributed by atoms with E-state index in [-0.39, 0.29) is 0 Å². The lowest BCUT2D eigenvalue weighted by Crippen LogP contribution is -2.41. The molecule has 0 radical (unpaired) electrons. The van der Waals surface area contributed by atoms with Crippen molar-refractivity contribution in [1.29, 1.82) is 0 Å². The number of amides is 1. The van der Waals surface area contributed by atoms with Gasteiger partial charge in [-0.3, -0.25) is 0 Å². The van der Waals surface area contributed by atoms with Crippen molar-refractivity contribution in [2.24, 2.45) is 0 Å². The largest absolute Gasteiger partial charge is 0.494 e. The van der Waals surface area contributed by atoms with Gasteiger partial charge in [-0.25, -0.2) is 4.79 Å². The molecule has 0 aliphatic carbocycles. The second-order valence-electron chi connectivity index (χ2n) is 6.54. The molecule has 1 aliphatic heterocycles. The summed E-state index contributed by atoms with van der Waals surface area (Å²) in [6.45, 7) is 9.69. The SMILES string of the molecule is C[C@@H](NC(=O)O)c1ccc(B2OC(C)(C)C(C)(C)O2)cc1Cl. The van der Waals surface area contributed by atoms with Crippen LogP contribution in [0.25, 0.3) is 0 Å². The molecule has 0 bridgehead atoms. The molecule has 2 N–H and O–H groups in total. The molecule has 0 spiro atoms. The predicted molar refractivity (Wildman–Crippen MR) is 86.7 cm³/mol. The van der Waals surface area contributed by atoms with Crippen LogP contribution in [0.5, 0.6) is 0 Å². The number of carbonyl (C=O) groups is 1. The van der Waals surface area contributed by atoms with Crippen LogP contribution in [0.15, 0.2) is 18.2 Å². The first-order valence-corrected chi connectivity index (χ1v) is 7.56. The van der Waals surface area contributed by atoms with Crippen LogP contribution in [-0.4, -0.2) is 29.5 Å². The Morgan fingerprint density at radius 3 is 2.27 bits per heavy atom. The molecule has 120 valence electrons. The monoisotopic (exact) mass is 325 g/mol. The first kappa shape index (κ1) is 17.1. The lowest BCUT2D eigenvalue weighted by atomic mass is 9.78. The van der Waals surface area contributed by atoms with E-state index in [1.165, 1.54) is 0 Å². The predicted octanol–water partition coefficient (Wildman–Crippen LogP) is 2.97. The topological polar surface area (TPSA) is 67.8 Å². The summed E-state index contributed by atoms with van der Waals surface area (Å²) in [5.41, 5.74) is 0.696. The molecular formula is C15H21BClNO4. The fraction of sp³-hybridized carbons (Fsp3) is 0.533. The number of rotatable bonds is 3. The number of hydrogen-bond acceptors (Lipinski definition) is 3. The highest BCUT2D eigenvalue weighted by atomic mass is 35.5. The maximum absolute atomic E-state index is 10.7. The molecule has 2 rings (SSSR count). The van der Waals surface area contributed by atoms with Gasteiger partial charge in [0.25, 0.3) is 0 Å². The van der Waals surface area contributed by atoms with Gasteiger partial charge >= 0.3 is 13.2 Å². The van der Waals surface area contributed by atoms with Gasteiger partial charge in [0.05, 0.1) is 17.2 Å². The lowest BCUT2D eigenvalue weighted by Gasteiger charge is -2.32. The fourth-order valence-electron chi connectivity index (χ4n) is 2.28. The smallest absolute Gasteiger partial charge is 0.465 e. The third kappa shape index (κ3) is 3.24. The molecule has 5 nitrogen and oxygen atoms in total. The van der Waals surface area contributed by atoms with Crippen LogP contribution < -0.4 is 10.8 Å². The van der Waals surface area contributed by atoms with Crippen molar-refractivity contribution in [2.75, 3.05) is 0 Å². The second-order valence-corrected chi connectivity index (χ2v) is 6.95. The molecule has 0 aromatic heterocycles. The molecule has 1 aromatic carbocycles. The third-order valence-electron chi connectivity index (χ3n) is 4.36. The van der Waals surface area contributed by atoms with Gasteiger partial charge in [0.1, 0.15) is 0 Å². The van der Waals surface area contributed by atoms with Crippen LogP contribution in [0.3, 0.4) is 0 Å². The molecular weight excluding hydrogens is 304 g/mol. The summed E-state index contributed by atoms with van der Waals surface area (Å²) >= 11 is 6.28. The van der Waals surface area contributed by atoms with Crippen LogP contribution in [0.4, 0.5) is 4.79 Å². The zero-order chi connectivity index (χ0) is 16.7. The molecule has 1 heterocycles. The summed E-state index contributed by atoms with van der Waals surface area (Å²) in [5, 5.41) is 11.6. The molecule has 1 atom stereocenters. The highest BCUT2D eigenvalue weighted by molar-refractivity contribution is 6.62. The Morgan fingerprint density at radius 2 is 1.82 bits per heavy atom. The van der Waals surface area contributed by atoms with Crippen molar-refractivity contribution in [3.8, 4) is 0 Å². The van der Waals surface area contributed by atoms with E-state index in [4.69, 9.17) is 26.0 Å². The van der Waals surface area contributed by atoms with Gasteiger partial charge < -0.3 is 19.7 Å². The van der Waals surface area contributed by atoms with Gasteiger partial charge in [-0.05, 0) is 51.7 Å². The minimum atomic E-state index is -1.08. The summed E-state index contributed by atoms with van der Waals surface area (Å²) in [7, 11) is -0.487. The molecule has 7 heteroatoms. The van der Waals surface area contributed by atoms with Crippen molar-refractivity contribution < 1.29 is 19.2 Å². The van der Waals surface area contributed by atoms with Crippen molar-refractivity contribution in [1.82, 2.24) is 5.32 Å². The quantitative estimate of drug-likeness (QED) is 0.838. The Kier molecular flexibility index (Phi) is 4.48. The Labute approximate surface area is 136 Å². The van der Waals surface area contributed by atoms with E-state index in [1.807, 2.05) is 33.8 Å². The molecule has 1 saturated heterocycles. The van der Waals surface area contributed by atoms with Gasteiger partial charge in [-0.2, -0.15) is 0 Å². The highest BCUT2D eigenvalue weighted by Crippen LogP contribution is 2.36. The number of nitrogens with one attached hydrogen (secondary N) is 1. The van der Waals surface area contributed by atoms with E-state index in [2.05, 4.69) is 5.32 Å². The van der Waals surface area contributed by atoms with Crippen molar-refractivity contribution >= 4 is 30.3 Å². The average Bonchev–Trinajstić information content (AvgIpc) is 2.57. The maximum atomic E-state index is 10.7. The number of halogens is 1. The minimum absolute atomic E-state index is 0.391. The van der Waals surface area contributed by atoms with Crippen LogP contribution >= 0.6 is 11.6 Å². The van der Waals surface area contributed by atoms with Crippen LogP contribution in [0, 0.1) is 0 Å². The van der Waals surface area contributed by atoms with E-state index in [1.54, 1.807) is 19.1 Å². The van der Waals surface area contributed by atoms with Gasteiger partial charge in [0.2, 0.25) is 0 Å². The van der Waals surface area contributed by atoms with Crippen molar-refractivity contribution in [3.05, 3.63) is 28.8 Å². The zero-order valence-corrected chi connectivity index (χ0v) is 14.2. The number of carboxylic acid groups (broad SMARTS) is 1. The van der Waals surface area contributed by atoms with Gasteiger partial charge in [-0.1, -0.05) is 23.7 Å². The van der Waals surface area contributed by atoms with Gasteiger partial charge in [-0.15, -0.1) is 0 Å². The number of benzene rings is 1. The van der Waals surface area contributed by atoms with E-state index >= 15 is 0 Å². The maximum Gasteiger partial charge on any atom is 0.494 e. The van der Waals surface area contributed by atoms with E-state index in [9.17, 15) is 4.79 Å².